The molecule has 0 unspecified atom stereocenters. The average molecular weight is 487 g/mol. The standard InChI is InChI=1S/C28H23ClN2O4/c1-3-5-22-14-20(10-13-26(22)35-17-19-8-11-21(12-9-19)28(33)34)15-23(16-30)27(32)31-25-7-4-6-24(29)18(25)2/h3-4,6-15H,1,5,17H2,2H3,(H,31,32)(H,33,34)/b23-15-. The number of halogens is 1. The van der Waals surface area contributed by atoms with Gasteiger partial charge in [-0.1, -0.05) is 41.9 Å². The summed E-state index contributed by atoms with van der Waals surface area (Å²) in [5, 5.41) is 21.8. The molecule has 1 amide bonds. The molecule has 0 aliphatic heterocycles. The smallest absolute Gasteiger partial charge is 0.335 e. The van der Waals surface area contributed by atoms with E-state index in [-0.39, 0.29) is 17.7 Å². The van der Waals surface area contributed by atoms with Gasteiger partial charge in [0.05, 0.1) is 5.56 Å². The summed E-state index contributed by atoms with van der Waals surface area (Å²) in [5.74, 6) is -0.891. The predicted molar refractivity (Wildman–Crippen MR) is 136 cm³/mol. The fourth-order valence-corrected chi connectivity index (χ4v) is 3.47. The van der Waals surface area contributed by atoms with Crippen molar-refractivity contribution in [3.8, 4) is 11.8 Å². The van der Waals surface area contributed by atoms with Crippen LogP contribution in [0.3, 0.4) is 0 Å². The number of aromatic carboxylic acids is 1. The van der Waals surface area contributed by atoms with Crippen LogP contribution in [0.4, 0.5) is 5.69 Å². The van der Waals surface area contributed by atoms with Crippen LogP contribution in [0.5, 0.6) is 5.75 Å². The molecule has 3 aromatic carbocycles. The normalized spacial score (nSPS) is 10.8. The van der Waals surface area contributed by atoms with Gasteiger partial charge in [0.1, 0.15) is 24.0 Å². The van der Waals surface area contributed by atoms with Crippen LogP contribution in [0.2, 0.25) is 5.02 Å². The lowest BCUT2D eigenvalue weighted by atomic mass is 10.0. The highest BCUT2D eigenvalue weighted by atomic mass is 35.5. The van der Waals surface area contributed by atoms with Gasteiger partial charge in [0.15, 0.2) is 0 Å². The summed E-state index contributed by atoms with van der Waals surface area (Å²) in [5.41, 5.74) is 3.72. The summed E-state index contributed by atoms with van der Waals surface area (Å²) in [6, 6.07) is 18.9. The molecule has 7 heteroatoms. The summed E-state index contributed by atoms with van der Waals surface area (Å²) < 4.78 is 5.94. The number of nitrogens with one attached hydrogen (secondary N) is 1. The zero-order chi connectivity index (χ0) is 25.4. The van der Waals surface area contributed by atoms with Crippen molar-refractivity contribution in [1.29, 1.82) is 5.26 Å². The van der Waals surface area contributed by atoms with Gasteiger partial charge in [-0.2, -0.15) is 5.26 Å². The zero-order valence-electron chi connectivity index (χ0n) is 19.0. The van der Waals surface area contributed by atoms with Gasteiger partial charge in [-0.05, 0) is 78.1 Å². The zero-order valence-corrected chi connectivity index (χ0v) is 19.8. The Morgan fingerprint density at radius 3 is 2.57 bits per heavy atom. The first-order chi connectivity index (χ1) is 16.8. The second-order valence-corrected chi connectivity index (χ2v) is 8.09. The van der Waals surface area contributed by atoms with Crippen molar-refractivity contribution in [2.45, 2.75) is 20.0 Å². The number of hydrogen-bond donors (Lipinski definition) is 2. The maximum Gasteiger partial charge on any atom is 0.335 e. The number of anilines is 1. The molecule has 0 spiro atoms. The van der Waals surface area contributed by atoms with E-state index in [9.17, 15) is 14.9 Å². The van der Waals surface area contributed by atoms with Crippen molar-refractivity contribution < 1.29 is 19.4 Å². The molecule has 0 saturated heterocycles. The number of hydrogen-bond acceptors (Lipinski definition) is 4. The number of allylic oxidation sites excluding steroid dienone is 1. The average Bonchev–Trinajstić information content (AvgIpc) is 2.85. The maximum atomic E-state index is 12.7. The summed E-state index contributed by atoms with van der Waals surface area (Å²) in [6.07, 6.45) is 3.76. The van der Waals surface area contributed by atoms with Crippen LogP contribution >= 0.6 is 11.6 Å². The minimum absolute atomic E-state index is 0.0545. The SMILES string of the molecule is C=CCc1cc(/C=C(/C#N)C(=O)Nc2cccc(Cl)c2C)ccc1OCc1ccc(C(=O)O)cc1. The third-order valence-electron chi connectivity index (χ3n) is 5.24. The molecular formula is C28H23ClN2O4. The summed E-state index contributed by atoms with van der Waals surface area (Å²) in [7, 11) is 0. The first-order valence-corrected chi connectivity index (χ1v) is 11.1. The van der Waals surface area contributed by atoms with E-state index in [0.29, 0.717) is 34.0 Å². The highest BCUT2D eigenvalue weighted by Crippen LogP contribution is 2.25. The van der Waals surface area contributed by atoms with E-state index in [2.05, 4.69) is 11.9 Å². The van der Waals surface area contributed by atoms with E-state index < -0.39 is 11.9 Å². The number of carboxylic acids is 1. The Bertz CT molecular complexity index is 1340. The molecule has 0 saturated carbocycles. The van der Waals surface area contributed by atoms with Crippen LogP contribution < -0.4 is 10.1 Å². The second kappa shape index (κ2) is 11.7. The van der Waals surface area contributed by atoms with Crippen molar-refractivity contribution in [2.75, 3.05) is 5.32 Å². The first kappa shape index (κ1) is 25.3. The number of nitrogens with zero attached hydrogens (tertiary/aromatic N) is 1. The lowest BCUT2D eigenvalue weighted by Gasteiger charge is -2.12. The fraction of sp³-hybridized carbons (Fsp3) is 0.107. The minimum atomic E-state index is -0.984. The van der Waals surface area contributed by atoms with Crippen molar-refractivity contribution in [3.05, 3.63) is 112 Å². The molecule has 3 rings (SSSR count). The topological polar surface area (TPSA) is 99.4 Å². The number of rotatable bonds is 9. The lowest BCUT2D eigenvalue weighted by Crippen LogP contribution is -2.14. The van der Waals surface area contributed by atoms with Gasteiger partial charge in [0, 0.05) is 10.7 Å². The van der Waals surface area contributed by atoms with Crippen LogP contribution in [0.25, 0.3) is 6.08 Å². The number of amides is 1. The predicted octanol–water partition coefficient (Wildman–Crippen LogP) is 6.20. The van der Waals surface area contributed by atoms with Gasteiger partial charge in [0.25, 0.3) is 5.91 Å². The van der Waals surface area contributed by atoms with Crippen LogP contribution in [0.1, 0.15) is 32.6 Å². The summed E-state index contributed by atoms with van der Waals surface area (Å²) in [4.78, 5) is 23.7. The third-order valence-corrected chi connectivity index (χ3v) is 5.65. The van der Waals surface area contributed by atoms with Gasteiger partial charge in [-0.3, -0.25) is 4.79 Å². The fourth-order valence-electron chi connectivity index (χ4n) is 3.30. The Morgan fingerprint density at radius 1 is 1.17 bits per heavy atom. The number of benzene rings is 3. The number of carbonyl (C=O) groups excluding carboxylic acids is 1. The Hall–Kier alpha value is -4.34. The van der Waals surface area contributed by atoms with Crippen LogP contribution in [0.15, 0.2) is 78.9 Å². The second-order valence-electron chi connectivity index (χ2n) is 7.69. The van der Waals surface area contributed by atoms with Gasteiger partial charge in [-0.25, -0.2) is 4.79 Å². The molecule has 176 valence electrons. The molecule has 0 atom stereocenters. The van der Waals surface area contributed by atoms with E-state index >= 15 is 0 Å². The Morgan fingerprint density at radius 2 is 1.91 bits per heavy atom. The lowest BCUT2D eigenvalue weighted by molar-refractivity contribution is -0.112. The molecule has 0 fully saturated rings. The van der Waals surface area contributed by atoms with E-state index in [4.69, 9.17) is 21.4 Å². The molecule has 0 bridgehead atoms. The molecule has 0 aromatic heterocycles. The van der Waals surface area contributed by atoms with Gasteiger partial charge in [-0.15, -0.1) is 6.58 Å². The Balaban J connectivity index is 1.78. The molecule has 6 nitrogen and oxygen atoms in total. The quantitative estimate of drug-likeness (QED) is 0.213. The molecule has 0 radical (unpaired) electrons. The molecule has 35 heavy (non-hydrogen) atoms. The van der Waals surface area contributed by atoms with Gasteiger partial charge in [0.2, 0.25) is 0 Å². The van der Waals surface area contributed by atoms with Gasteiger partial charge < -0.3 is 15.2 Å². The number of carboxylic acid groups (broad SMARTS) is 1. The molecule has 0 aliphatic rings. The van der Waals surface area contributed by atoms with Crippen LogP contribution in [-0.4, -0.2) is 17.0 Å². The Kier molecular flexibility index (Phi) is 8.44. The first-order valence-electron chi connectivity index (χ1n) is 10.7. The number of nitriles is 1. The van der Waals surface area contributed by atoms with Crippen molar-refractivity contribution >= 4 is 35.2 Å². The van der Waals surface area contributed by atoms with Crippen LogP contribution in [-0.2, 0) is 17.8 Å². The Labute approximate surface area is 208 Å². The summed E-state index contributed by atoms with van der Waals surface area (Å²) >= 11 is 6.11. The van der Waals surface area contributed by atoms with Crippen LogP contribution in [0, 0.1) is 18.3 Å². The number of carbonyl (C=O) groups is 2. The monoisotopic (exact) mass is 486 g/mol. The van der Waals surface area contributed by atoms with Crippen molar-refractivity contribution in [3.63, 3.8) is 0 Å². The maximum absolute atomic E-state index is 12.7. The number of ether oxygens (including phenoxy) is 1. The van der Waals surface area contributed by atoms with Gasteiger partial charge >= 0.3 is 5.97 Å². The molecule has 2 N–H and O–H groups in total. The largest absolute Gasteiger partial charge is 0.489 e. The highest BCUT2D eigenvalue weighted by Gasteiger charge is 2.13. The van der Waals surface area contributed by atoms with Crippen molar-refractivity contribution in [2.24, 2.45) is 0 Å². The van der Waals surface area contributed by atoms with E-state index in [1.807, 2.05) is 12.1 Å². The van der Waals surface area contributed by atoms with E-state index in [0.717, 1.165) is 11.1 Å². The summed E-state index contributed by atoms with van der Waals surface area (Å²) in [6.45, 7) is 5.83. The minimum Gasteiger partial charge on any atom is -0.489 e. The van der Waals surface area contributed by atoms with E-state index in [1.54, 1.807) is 55.5 Å². The molecule has 0 aliphatic carbocycles. The highest BCUT2D eigenvalue weighted by molar-refractivity contribution is 6.31. The molecular weight excluding hydrogens is 464 g/mol. The molecule has 3 aromatic rings. The molecule has 0 heterocycles. The van der Waals surface area contributed by atoms with Crippen molar-refractivity contribution in [1.82, 2.24) is 0 Å². The van der Waals surface area contributed by atoms with E-state index in [1.165, 1.54) is 18.2 Å². The third kappa shape index (κ3) is 6.59.